The number of rotatable bonds is 3. The van der Waals surface area contributed by atoms with Crippen LogP contribution in [0.4, 0.5) is 0 Å². The van der Waals surface area contributed by atoms with Crippen LogP contribution in [0.15, 0.2) is 12.1 Å². The van der Waals surface area contributed by atoms with Crippen LogP contribution in [0.1, 0.15) is 57.6 Å². The number of ether oxygens (including phenoxy) is 1. The van der Waals surface area contributed by atoms with Crippen molar-refractivity contribution in [1.29, 1.82) is 5.26 Å². The average Bonchev–Trinajstić information content (AvgIpc) is 3.25. The van der Waals surface area contributed by atoms with Crippen molar-refractivity contribution in [1.82, 2.24) is 0 Å². The second kappa shape index (κ2) is 5.01. The van der Waals surface area contributed by atoms with Crippen molar-refractivity contribution < 1.29 is 14.0 Å². The van der Waals surface area contributed by atoms with Gasteiger partial charge in [-0.15, -0.1) is 0 Å². The van der Waals surface area contributed by atoms with Crippen molar-refractivity contribution in [3.05, 3.63) is 23.3 Å². The molecule has 3 rings (SSSR count). The van der Waals surface area contributed by atoms with Gasteiger partial charge in [0.25, 0.3) is 0 Å². The molecule has 1 aromatic carbocycles. The predicted octanol–water partition coefficient (Wildman–Crippen LogP) is 2.74. The van der Waals surface area contributed by atoms with E-state index in [-0.39, 0.29) is 0 Å². The summed E-state index contributed by atoms with van der Waals surface area (Å²) in [7, 11) is 1.15. The van der Waals surface area contributed by atoms with E-state index < -0.39 is 18.3 Å². The van der Waals surface area contributed by atoms with Gasteiger partial charge in [-0.2, -0.15) is 5.26 Å². The van der Waals surface area contributed by atoms with Gasteiger partial charge < -0.3 is 14.0 Å². The fourth-order valence-corrected chi connectivity index (χ4v) is 2.77. The normalized spacial score (nSPS) is 22.5. The minimum absolute atomic E-state index is 0.393. The van der Waals surface area contributed by atoms with Gasteiger partial charge in [-0.3, -0.25) is 0 Å². The molecule has 0 aromatic heterocycles. The van der Waals surface area contributed by atoms with Crippen molar-refractivity contribution in [2.75, 3.05) is 7.11 Å². The monoisotopic (exact) mass is 299 g/mol. The Balaban J connectivity index is 2.04. The summed E-state index contributed by atoms with van der Waals surface area (Å²) in [4.78, 5) is 0. The van der Waals surface area contributed by atoms with Crippen LogP contribution >= 0.6 is 0 Å². The first-order valence-electron chi connectivity index (χ1n) is 7.76. The maximum absolute atomic E-state index is 9.37. The van der Waals surface area contributed by atoms with E-state index in [0.717, 1.165) is 23.9 Å². The first-order chi connectivity index (χ1) is 10.3. The topological polar surface area (TPSA) is 51.5 Å². The van der Waals surface area contributed by atoms with Crippen LogP contribution in [-0.4, -0.2) is 25.4 Å². The zero-order valence-corrected chi connectivity index (χ0v) is 13.9. The van der Waals surface area contributed by atoms with Crippen LogP contribution in [0.3, 0.4) is 0 Å². The summed E-state index contributed by atoms with van der Waals surface area (Å²) in [6, 6.07) is 6.13. The molecule has 22 heavy (non-hydrogen) atoms. The molecular formula is C17H22BNO3. The highest BCUT2D eigenvalue weighted by Gasteiger charge is 2.52. The van der Waals surface area contributed by atoms with Gasteiger partial charge in [0.15, 0.2) is 0 Å². The maximum atomic E-state index is 9.37. The minimum atomic E-state index is -0.467. The molecule has 1 aliphatic carbocycles. The van der Waals surface area contributed by atoms with E-state index in [1.165, 1.54) is 0 Å². The molecule has 2 aliphatic rings. The van der Waals surface area contributed by atoms with E-state index in [9.17, 15) is 5.26 Å². The van der Waals surface area contributed by atoms with Crippen molar-refractivity contribution in [3.63, 3.8) is 0 Å². The largest absolute Gasteiger partial charge is 0.498 e. The fourth-order valence-electron chi connectivity index (χ4n) is 2.77. The van der Waals surface area contributed by atoms with Crippen LogP contribution in [0.5, 0.6) is 5.75 Å². The van der Waals surface area contributed by atoms with Crippen molar-refractivity contribution >= 4 is 12.6 Å². The Hall–Kier alpha value is -1.51. The lowest BCUT2D eigenvalue weighted by atomic mass is 9.76. The summed E-state index contributed by atoms with van der Waals surface area (Å²) >= 11 is 0. The van der Waals surface area contributed by atoms with E-state index in [4.69, 9.17) is 14.0 Å². The van der Waals surface area contributed by atoms with Crippen LogP contribution < -0.4 is 10.2 Å². The number of methoxy groups -OCH3 is 1. The molecule has 0 spiro atoms. The molecule has 5 heteroatoms. The zero-order valence-electron chi connectivity index (χ0n) is 13.9. The van der Waals surface area contributed by atoms with E-state index in [1.807, 2.05) is 39.8 Å². The molecule has 1 aliphatic heterocycles. The molecule has 1 heterocycles. The number of hydrogen-bond donors (Lipinski definition) is 0. The molecule has 0 N–H and O–H groups in total. The van der Waals surface area contributed by atoms with Crippen molar-refractivity contribution in [3.8, 4) is 11.8 Å². The maximum Gasteiger partial charge on any atom is 0.498 e. The summed E-state index contributed by atoms with van der Waals surface area (Å²) in [6.07, 6.45) is 2.29. The van der Waals surface area contributed by atoms with Gasteiger partial charge in [-0.25, -0.2) is 0 Å². The molecule has 116 valence electrons. The first-order valence-corrected chi connectivity index (χ1v) is 7.76. The lowest BCUT2D eigenvalue weighted by Crippen LogP contribution is -2.41. The van der Waals surface area contributed by atoms with E-state index in [0.29, 0.717) is 17.2 Å². The van der Waals surface area contributed by atoms with Crippen LogP contribution in [-0.2, 0) is 9.31 Å². The third-order valence-electron chi connectivity index (χ3n) is 5.05. The van der Waals surface area contributed by atoms with Gasteiger partial charge in [0, 0.05) is 5.46 Å². The molecule has 1 saturated heterocycles. The minimum Gasteiger partial charge on any atom is -0.497 e. The third-order valence-corrected chi connectivity index (χ3v) is 5.05. The third kappa shape index (κ3) is 2.41. The van der Waals surface area contributed by atoms with Crippen molar-refractivity contribution in [2.24, 2.45) is 0 Å². The molecular weight excluding hydrogens is 277 g/mol. The van der Waals surface area contributed by atoms with Crippen LogP contribution in [0.2, 0.25) is 0 Å². The quantitative estimate of drug-likeness (QED) is 0.805. The van der Waals surface area contributed by atoms with E-state index in [1.54, 1.807) is 7.11 Å². The number of nitriles is 1. The lowest BCUT2D eigenvalue weighted by molar-refractivity contribution is 0.00578. The molecule has 0 atom stereocenters. The van der Waals surface area contributed by atoms with E-state index in [2.05, 4.69) is 6.07 Å². The standard InChI is InChI=1S/C17H22BNO3/c1-16(2)17(3,4)22-18(21-16)14-9-13(11-6-7-11)12(10-19)8-15(14)20-5/h8-9,11H,6-7H2,1-5H3. The number of nitrogens with zero attached hydrogens (tertiary/aromatic N) is 1. The summed E-state index contributed by atoms with van der Waals surface area (Å²) < 4.78 is 17.8. The Morgan fingerprint density at radius 3 is 2.23 bits per heavy atom. The predicted molar refractivity (Wildman–Crippen MR) is 85.4 cm³/mol. The lowest BCUT2D eigenvalue weighted by Gasteiger charge is -2.32. The van der Waals surface area contributed by atoms with Crippen molar-refractivity contribution in [2.45, 2.75) is 57.7 Å². The molecule has 0 bridgehead atoms. The molecule has 1 saturated carbocycles. The molecule has 0 unspecified atom stereocenters. The number of hydrogen-bond acceptors (Lipinski definition) is 4. The Bertz CT molecular complexity index is 628. The Kier molecular flexibility index (Phi) is 3.50. The average molecular weight is 299 g/mol. The SMILES string of the molecule is COc1cc(C#N)c(C2CC2)cc1B1OC(C)(C)C(C)(C)O1. The van der Waals surface area contributed by atoms with Gasteiger partial charge in [-0.05, 0) is 58.1 Å². The summed E-state index contributed by atoms with van der Waals surface area (Å²) in [6.45, 7) is 8.13. The molecule has 2 fully saturated rings. The summed E-state index contributed by atoms with van der Waals surface area (Å²) in [5, 5.41) is 9.37. The first kappa shape index (κ1) is 15.4. The second-order valence-electron chi connectivity index (χ2n) is 7.16. The highest BCUT2D eigenvalue weighted by molar-refractivity contribution is 6.63. The number of benzene rings is 1. The Morgan fingerprint density at radius 2 is 1.77 bits per heavy atom. The van der Waals surface area contributed by atoms with Crippen LogP contribution in [0.25, 0.3) is 0 Å². The molecule has 1 aromatic rings. The molecule has 0 radical (unpaired) electrons. The van der Waals surface area contributed by atoms with Gasteiger partial charge in [0.1, 0.15) is 5.75 Å². The highest BCUT2D eigenvalue weighted by atomic mass is 16.7. The van der Waals surface area contributed by atoms with E-state index >= 15 is 0 Å². The van der Waals surface area contributed by atoms with Gasteiger partial charge in [0.05, 0.1) is 29.9 Å². The van der Waals surface area contributed by atoms with Gasteiger partial charge in [0.2, 0.25) is 0 Å². The second-order valence-corrected chi connectivity index (χ2v) is 7.16. The molecule has 0 amide bonds. The Labute approximate surface area is 132 Å². The summed E-state index contributed by atoms with van der Waals surface area (Å²) in [5.74, 6) is 1.14. The molecule has 4 nitrogen and oxygen atoms in total. The van der Waals surface area contributed by atoms with Gasteiger partial charge in [-0.1, -0.05) is 6.07 Å². The van der Waals surface area contributed by atoms with Gasteiger partial charge >= 0.3 is 7.12 Å². The Morgan fingerprint density at radius 1 is 1.18 bits per heavy atom. The van der Waals surface area contributed by atoms with Crippen LogP contribution in [0, 0.1) is 11.3 Å². The smallest absolute Gasteiger partial charge is 0.497 e. The fraction of sp³-hybridized carbons (Fsp3) is 0.588. The highest BCUT2D eigenvalue weighted by Crippen LogP contribution is 2.43. The summed E-state index contributed by atoms with van der Waals surface area (Å²) in [5.41, 5.74) is 1.88. The zero-order chi connectivity index (χ0) is 16.1.